The van der Waals surface area contributed by atoms with Gasteiger partial charge in [-0.15, -0.1) is 0 Å². The number of piperidine rings is 1. The molecular weight excluding hydrogens is 220 g/mol. The van der Waals surface area contributed by atoms with Crippen LogP contribution in [0.2, 0.25) is 0 Å². The van der Waals surface area contributed by atoms with Crippen molar-refractivity contribution in [2.75, 3.05) is 26.2 Å². The van der Waals surface area contributed by atoms with Crippen molar-refractivity contribution >= 4 is 0 Å². The molecule has 1 heterocycles. The molecule has 0 spiro atoms. The van der Waals surface area contributed by atoms with Gasteiger partial charge >= 0.3 is 0 Å². The Morgan fingerprint density at radius 3 is 2.22 bits per heavy atom. The minimum absolute atomic E-state index is 0.839. The fourth-order valence-electron chi connectivity index (χ4n) is 2.13. The molecule has 1 aromatic carbocycles. The van der Waals surface area contributed by atoms with Crippen LogP contribution in [-0.4, -0.2) is 31.1 Å². The number of likely N-dealkylation sites (tertiary alicyclic amines) is 1. The largest absolute Gasteiger partial charge is 0.330 e. The molecule has 2 N–H and O–H groups in total. The summed E-state index contributed by atoms with van der Waals surface area (Å²) in [5, 5.41) is 0. The highest BCUT2D eigenvalue weighted by Crippen LogP contribution is 2.15. The van der Waals surface area contributed by atoms with Crippen molar-refractivity contribution in [1.29, 1.82) is 0 Å². The molecule has 2 heteroatoms. The second-order valence-electron chi connectivity index (χ2n) is 5.32. The predicted octanol–water partition coefficient (Wildman–Crippen LogP) is 3.06. The van der Waals surface area contributed by atoms with E-state index in [4.69, 9.17) is 5.73 Å². The summed E-state index contributed by atoms with van der Waals surface area (Å²) in [7, 11) is 0. The van der Waals surface area contributed by atoms with Crippen molar-refractivity contribution in [2.45, 2.75) is 33.1 Å². The van der Waals surface area contributed by atoms with Crippen molar-refractivity contribution in [1.82, 2.24) is 4.90 Å². The molecule has 2 rings (SSSR count). The number of nitrogens with two attached hydrogens (primary N) is 1. The molecule has 1 fully saturated rings. The Balaban J connectivity index is 0.000000199. The van der Waals surface area contributed by atoms with Crippen LogP contribution in [0.4, 0.5) is 0 Å². The number of benzene rings is 1. The zero-order valence-corrected chi connectivity index (χ0v) is 11.9. The van der Waals surface area contributed by atoms with Gasteiger partial charge in [0.1, 0.15) is 0 Å². The van der Waals surface area contributed by atoms with Crippen LogP contribution in [0.3, 0.4) is 0 Å². The van der Waals surface area contributed by atoms with Crippen LogP contribution < -0.4 is 5.73 Å². The van der Waals surface area contributed by atoms with Gasteiger partial charge in [0.25, 0.3) is 0 Å². The highest BCUT2D eigenvalue weighted by molar-refractivity contribution is 5.11. The van der Waals surface area contributed by atoms with Crippen molar-refractivity contribution in [3.8, 4) is 0 Å². The fourth-order valence-corrected chi connectivity index (χ4v) is 2.13. The van der Waals surface area contributed by atoms with Gasteiger partial charge in [0.05, 0.1) is 0 Å². The number of rotatable bonds is 3. The summed E-state index contributed by atoms with van der Waals surface area (Å²) in [6.45, 7) is 9.07. The molecule has 102 valence electrons. The number of aryl methyl sites for hydroxylation is 1. The third kappa shape index (κ3) is 6.77. The van der Waals surface area contributed by atoms with Crippen LogP contribution >= 0.6 is 0 Å². The van der Waals surface area contributed by atoms with E-state index in [1.54, 1.807) is 0 Å². The van der Waals surface area contributed by atoms with Crippen LogP contribution in [0.15, 0.2) is 30.3 Å². The molecule has 2 nitrogen and oxygen atoms in total. The quantitative estimate of drug-likeness (QED) is 0.891. The molecule has 0 atom stereocenters. The maximum Gasteiger partial charge on any atom is -0.000671 e. The van der Waals surface area contributed by atoms with Gasteiger partial charge in [0.2, 0.25) is 0 Å². The first-order valence-electron chi connectivity index (χ1n) is 7.16. The highest BCUT2D eigenvalue weighted by Gasteiger charge is 2.14. The lowest BCUT2D eigenvalue weighted by Crippen LogP contribution is -2.34. The third-order valence-electron chi connectivity index (χ3n) is 3.50. The lowest BCUT2D eigenvalue weighted by Gasteiger charge is -2.29. The molecule has 0 radical (unpaired) electrons. The Morgan fingerprint density at radius 2 is 1.78 bits per heavy atom. The maximum atomic E-state index is 5.45. The van der Waals surface area contributed by atoms with Crippen molar-refractivity contribution < 1.29 is 0 Å². The molecule has 0 aromatic heterocycles. The molecule has 1 aliphatic heterocycles. The van der Waals surface area contributed by atoms with Crippen LogP contribution in [0.1, 0.15) is 31.7 Å². The Bertz CT molecular complexity index is 286. The first-order chi connectivity index (χ1) is 8.72. The summed E-state index contributed by atoms with van der Waals surface area (Å²) in [5.74, 6) is 0.948. The molecule has 0 bridgehead atoms. The van der Waals surface area contributed by atoms with Gasteiger partial charge in [0.15, 0.2) is 0 Å². The van der Waals surface area contributed by atoms with E-state index in [2.05, 4.69) is 30.9 Å². The lowest BCUT2D eigenvalue weighted by atomic mass is 9.99. The predicted molar refractivity (Wildman–Crippen MR) is 79.7 cm³/mol. The molecule has 1 aromatic rings. The second kappa shape index (κ2) is 9.12. The zero-order valence-electron chi connectivity index (χ0n) is 11.9. The summed E-state index contributed by atoms with van der Waals surface area (Å²) in [6.07, 6.45) is 3.92. The van der Waals surface area contributed by atoms with Crippen LogP contribution in [0.25, 0.3) is 0 Å². The Hall–Kier alpha value is -0.860. The lowest BCUT2D eigenvalue weighted by molar-refractivity contribution is 0.191. The van der Waals surface area contributed by atoms with Gasteiger partial charge in [-0.3, -0.25) is 0 Å². The van der Waals surface area contributed by atoms with E-state index in [1.807, 2.05) is 18.2 Å². The molecule has 0 aliphatic carbocycles. The average molecular weight is 248 g/mol. The zero-order chi connectivity index (χ0) is 13.2. The van der Waals surface area contributed by atoms with E-state index in [-0.39, 0.29) is 0 Å². The minimum atomic E-state index is 0.839. The molecule has 1 saturated heterocycles. The highest BCUT2D eigenvalue weighted by atomic mass is 15.1. The van der Waals surface area contributed by atoms with Gasteiger partial charge in [-0.2, -0.15) is 0 Å². The summed E-state index contributed by atoms with van der Waals surface area (Å²) in [4.78, 5) is 2.53. The van der Waals surface area contributed by atoms with E-state index >= 15 is 0 Å². The van der Waals surface area contributed by atoms with Gasteiger partial charge < -0.3 is 10.6 Å². The van der Waals surface area contributed by atoms with E-state index in [0.29, 0.717) is 0 Å². The SMILES string of the molecule is CC1CCN(CCCN)CC1.Cc1ccccc1. The maximum absolute atomic E-state index is 5.45. The van der Waals surface area contributed by atoms with Gasteiger partial charge in [-0.1, -0.05) is 42.8 Å². The van der Waals surface area contributed by atoms with Gasteiger partial charge in [0, 0.05) is 0 Å². The number of hydrogen-bond donors (Lipinski definition) is 1. The van der Waals surface area contributed by atoms with E-state index in [1.165, 1.54) is 38.0 Å². The van der Waals surface area contributed by atoms with Crippen molar-refractivity contribution in [3.63, 3.8) is 0 Å². The fraction of sp³-hybridized carbons (Fsp3) is 0.625. The van der Waals surface area contributed by atoms with Crippen LogP contribution in [0.5, 0.6) is 0 Å². The van der Waals surface area contributed by atoms with Gasteiger partial charge in [-0.05, 0) is 58.3 Å². The topological polar surface area (TPSA) is 29.3 Å². The van der Waals surface area contributed by atoms with Crippen LogP contribution in [0, 0.1) is 12.8 Å². The first-order valence-corrected chi connectivity index (χ1v) is 7.16. The number of nitrogens with zero attached hydrogens (tertiary/aromatic N) is 1. The van der Waals surface area contributed by atoms with E-state index in [9.17, 15) is 0 Å². The minimum Gasteiger partial charge on any atom is -0.330 e. The normalized spacial score (nSPS) is 17.1. The molecular formula is C16H28N2. The molecule has 0 amide bonds. The van der Waals surface area contributed by atoms with Gasteiger partial charge in [-0.25, -0.2) is 0 Å². The van der Waals surface area contributed by atoms with Crippen LogP contribution in [-0.2, 0) is 0 Å². The molecule has 1 aliphatic rings. The first kappa shape index (κ1) is 15.2. The monoisotopic (exact) mass is 248 g/mol. The molecule has 0 unspecified atom stereocenters. The third-order valence-corrected chi connectivity index (χ3v) is 3.50. The van der Waals surface area contributed by atoms with E-state index in [0.717, 1.165) is 18.9 Å². The Labute approximate surface area is 112 Å². The standard InChI is InChI=1S/C9H20N2.C7H8/c1-9-3-7-11(8-4-9)6-2-5-10;1-7-5-3-2-4-6-7/h9H,2-8,10H2,1H3;2-6H,1H3. The molecule has 18 heavy (non-hydrogen) atoms. The summed E-state index contributed by atoms with van der Waals surface area (Å²) in [5.41, 5.74) is 6.77. The average Bonchev–Trinajstić information content (AvgIpc) is 2.40. The summed E-state index contributed by atoms with van der Waals surface area (Å²) in [6, 6.07) is 10.3. The second-order valence-corrected chi connectivity index (χ2v) is 5.32. The van der Waals surface area contributed by atoms with Crippen molar-refractivity contribution in [2.24, 2.45) is 11.7 Å². The summed E-state index contributed by atoms with van der Waals surface area (Å²) >= 11 is 0. The van der Waals surface area contributed by atoms with E-state index < -0.39 is 0 Å². The van der Waals surface area contributed by atoms with Crippen molar-refractivity contribution in [3.05, 3.63) is 35.9 Å². The molecule has 0 saturated carbocycles. The summed E-state index contributed by atoms with van der Waals surface area (Å²) < 4.78 is 0. The Kier molecular flexibility index (Phi) is 7.70. The number of hydrogen-bond acceptors (Lipinski definition) is 2. The smallest absolute Gasteiger partial charge is 0.000671 e. The Morgan fingerprint density at radius 1 is 1.17 bits per heavy atom.